The number of hydrogen-bond acceptors (Lipinski definition) is 24. The first kappa shape index (κ1) is 92.8. The van der Waals surface area contributed by atoms with Crippen LogP contribution >= 0.6 is 0 Å². The third-order valence-electron chi connectivity index (χ3n) is 17.9. The number of carbonyl (C=O) groups is 9. The van der Waals surface area contributed by atoms with E-state index in [1.807, 2.05) is 97.9 Å². The number of hydrogen-bond donors (Lipinski definition) is 6. The number of aliphatic carboxylic acids is 1. The quantitative estimate of drug-likeness (QED) is 0.0131. The molecule has 9 saturated heterocycles. The number of alkyl halides is 3. The molecule has 10 amide bonds. The summed E-state index contributed by atoms with van der Waals surface area (Å²) in [6.45, 7) is 12.1. The number of piperidine rings is 4. The molecule has 2 aromatic heterocycles. The molecule has 0 radical (unpaired) electrons. The van der Waals surface area contributed by atoms with Gasteiger partial charge in [0.1, 0.15) is 50.6 Å². The number of ether oxygens (including phenoxy) is 1. The highest BCUT2D eigenvalue weighted by Crippen LogP contribution is 2.40. The molecule has 3 aromatic carbocycles. The summed E-state index contributed by atoms with van der Waals surface area (Å²) in [5.41, 5.74) is 5.15. The van der Waals surface area contributed by atoms with Gasteiger partial charge in [0.05, 0.1) is 30.7 Å². The van der Waals surface area contributed by atoms with E-state index in [1.165, 1.54) is 37.8 Å². The van der Waals surface area contributed by atoms with E-state index in [0.29, 0.717) is 108 Å². The minimum atomic E-state index is -4.77. The molecule has 112 heavy (non-hydrogen) atoms. The molecule has 0 saturated carbocycles. The van der Waals surface area contributed by atoms with Gasteiger partial charge in [-0.15, -0.1) is 24.7 Å². The van der Waals surface area contributed by atoms with E-state index >= 15 is 0 Å². The van der Waals surface area contributed by atoms with Gasteiger partial charge in [0, 0.05) is 60.0 Å². The molecule has 9 aliphatic heterocycles. The van der Waals surface area contributed by atoms with Crippen molar-refractivity contribution in [2.45, 2.75) is 221 Å². The predicted octanol–water partition coefficient (Wildman–Crippen LogP) is 8.76. The second kappa shape index (κ2) is 46.3. The number of aryl methyl sites for hydroxylation is 1. The van der Waals surface area contributed by atoms with Crippen molar-refractivity contribution in [2.75, 3.05) is 45.9 Å². The number of nitrogens with two attached hydrogens (primary N) is 1. The summed E-state index contributed by atoms with van der Waals surface area (Å²) in [5.74, 6) is 5.14. The monoisotopic (exact) mass is 1610 g/mol. The van der Waals surface area contributed by atoms with Gasteiger partial charge in [-0.1, -0.05) is 148 Å². The zero-order valence-corrected chi connectivity index (χ0v) is 61.5. The molecule has 5 aromatic rings. The van der Waals surface area contributed by atoms with E-state index in [2.05, 4.69) is 35.4 Å². The fourth-order valence-electron chi connectivity index (χ4n) is 12.5. The maximum atomic E-state index is 12.7. The van der Waals surface area contributed by atoms with Crippen LogP contribution in [0.2, 0.25) is 0 Å². The maximum absolute atomic E-state index is 12.7. The number of rotatable bonds is 21. The second-order valence-electron chi connectivity index (χ2n) is 25.2. The Kier molecular flexibility index (Phi) is 38.3. The number of carboxylic acid groups (broad SMARTS) is 1. The minimum absolute atomic E-state index is 0. The lowest BCUT2D eigenvalue weighted by molar-refractivity contribution is -0.156. The first-order valence-electron chi connectivity index (χ1n) is 36.1. The van der Waals surface area contributed by atoms with E-state index in [4.69, 9.17) is 54.9 Å². The number of aliphatic hydroxyl groups is 1. The molecule has 36 nitrogen and oxygen atoms in total. The van der Waals surface area contributed by atoms with Crippen LogP contribution in [0.4, 0.5) is 32.3 Å². The van der Waals surface area contributed by atoms with Crippen molar-refractivity contribution in [2.24, 2.45) is 5.84 Å². The van der Waals surface area contributed by atoms with E-state index < -0.39 is 65.6 Å². The smallest absolute Gasteiger partial charge is 0.446 e. The molecule has 11 heterocycles. The Hall–Kier alpha value is -9.81. The number of carbonyl (C=O) groups excluding carboxylic acids is 8. The van der Waals surface area contributed by atoms with Crippen molar-refractivity contribution < 1.29 is 113 Å². The van der Waals surface area contributed by atoms with Gasteiger partial charge < -0.3 is 48.7 Å². The first-order valence-corrected chi connectivity index (χ1v) is 36.8. The number of hydroxylamine groups is 8. The average molecular weight is 1610 g/mol. The molecule has 9 aliphatic rings. The highest BCUT2D eigenvalue weighted by Gasteiger charge is 2.52. The Labute approximate surface area is 650 Å². The van der Waals surface area contributed by atoms with Crippen molar-refractivity contribution in [3.05, 3.63) is 131 Å². The van der Waals surface area contributed by atoms with E-state index in [-0.39, 0.29) is 113 Å². The zero-order chi connectivity index (χ0) is 80.1. The molecule has 0 spiro atoms. The molecule has 0 unspecified atom stereocenters. The summed E-state index contributed by atoms with van der Waals surface area (Å²) in [7, 11) is -4.77. The standard InChI is InChI=1S/C18H23N3O4.C17H20N4O3.C14H18N4O3.C9H12N4O7S.C4H8O.C3H6O2.C2HF3O.C2H6.3CH4/c1-2-15(22)10-19-17(23)16-9-8-14-11-20(16)18(24)21(14)25-12-13-6-4-3-5-7-13;1-2-15-18-19-16(24-15)14-9-8-13-10-20(14)17(22)21(13)23-11-12-6-4-3-5-7-12;15-16-13(19)12-7-6-11-8-17(12)14(20)18(11)21-9-10-4-2-1-3-5-10;14-4-7-10-11-8(19-7)6-2-1-5-3-12(6)9(15)13(5)20-21(16,17)18;1-2-4-5-3-1;1-2-3(4)5;3-2(4,5)1-6;1-2;;;/h3-7,14,16H,2,8-12H2,1H3,(H,19,23);3-7,13-14H,2,8-11H2,1H3;1-5,11-12H,6-9,15H2,(H,16,19);5-6,14H,1-4H2,(H,16,17,18);1-4H2;2H2,1H3,(H,4,5);1H;1-2H3;3*1H4/t14-,16+;13-,14+;11-,12+;5-,6+;;;;;;;/m1111......./s1/i;;;;;;;1D;;;. The summed E-state index contributed by atoms with van der Waals surface area (Å²) >= 11 is 0. The van der Waals surface area contributed by atoms with Gasteiger partial charge in [-0.05, 0) is 80.9 Å². The Morgan fingerprint density at radius 2 is 0.955 bits per heavy atom. The number of aromatic nitrogens is 4. The fraction of sp³-hybridized carbons (Fsp3) is 0.569. The van der Waals surface area contributed by atoms with Crippen molar-refractivity contribution >= 4 is 64.4 Å². The number of aliphatic hydroxyl groups excluding tert-OH is 1. The van der Waals surface area contributed by atoms with Crippen molar-refractivity contribution in [1.29, 1.82) is 0 Å². The van der Waals surface area contributed by atoms with Gasteiger partial charge in [-0.25, -0.2) is 25.0 Å². The number of carboxylic acids is 1. The number of Topliss-reactive ketones (excluding diaryl/α,β-unsaturated/α-hetero) is 1. The van der Waals surface area contributed by atoms with Gasteiger partial charge in [-0.3, -0.25) is 48.5 Å². The van der Waals surface area contributed by atoms with Crippen molar-refractivity contribution in [3.63, 3.8) is 0 Å². The third kappa shape index (κ3) is 27.0. The molecular weight excluding hydrogens is 1500 g/mol. The fourth-order valence-corrected chi connectivity index (χ4v) is 12.9. The Morgan fingerprint density at radius 1 is 0.598 bits per heavy atom. The normalized spacial score (nSPS) is 21.5. The molecule has 40 heteroatoms. The lowest BCUT2D eigenvalue weighted by atomic mass is 10.0. The number of halogens is 3. The minimum Gasteiger partial charge on any atom is -0.481 e. The van der Waals surface area contributed by atoms with E-state index in [1.54, 1.807) is 30.6 Å². The number of fused-ring (bicyclic) bond motifs is 8. The lowest BCUT2D eigenvalue weighted by Gasteiger charge is -2.29. The Balaban J connectivity index is 0.000000292. The molecule has 14 rings (SSSR count). The zero-order valence-electron chi connectivity index (χ0n) is 61.7. The number of aldehydes is 1. The number of amides is 10. The number of urea groups is 4. The third-order valence-corrected chi connectivity index (χ3v) is 18.3. The topological polar surface area (TPSA) is 448 Å². The maximum Gasteiger partial charge on any atom is 0.446 e. The molecule has 7 N–H and O–H groups in total. The molecular formula is C72H106F3N15O21S. The van der Waals surface area contributed by atoms with Gasteiger partial charge >= 0.3 is 46.7 Å². The first-order chi connectivity index (χ1) is 52.7. The predicted molar refractivity (Wildman–Crippen MR) is 393 cm³/mol. The summed E-state index contributed by atoms with van der Waals surface area (Å²) < 4.78 is 87.8. The molecule has 9 fully saturated rings. The van der Waals surface area contributed by atoms with Gasteiger partial charge in [0.25, 0.3) is 5.91 Å². The van der Waals surface area contributed by atoms with E-state index in [9.17, 15) is 59.9 Å². The van der Waals surface area contributed by atoms with Crippen LogP contribution in [0.15, 0.2) is 99.8 Å². The number of nitrogens with one attached hydrogen (secondary N) is 2. The Morgan fingerprint density at radius 3 is 1.29 bits per heavy atom. The van der Waals surface area contributed by atoms with Crippen LogP contribution in [0.3, 0.4) is 0 Å². The largest absolute Gasteiger partial charge is 0.481 e. The average Bonchev–Trinajstić information content (AvgIpc) is 1.64. The van der Waals surface area contributed by atoms with Crippen LogP contribution in [0.5, 0.6) is 0 Å². The van der Waals surface area contributed by atoms with Gasteiger partial charge in [0.2, 0.25) is 35.8 Å². The molecule has 622 valence electrons. The molecule has 8 bridgehead atoms. The number of nitrogens with zero attached hydrogens (tertiary/aromatic N) is 12. The second-order valence-corrected chi connectivity index (χ2v) is 26.2. The van der Waals surface area contributed by atoms with Crippen LogP contribution in [0, 0.1) is 0 Å². The molecule has 0 aliphatic carbocycles. The van der Waals surface area contributed by atoms with Gasteiger partial charge in [-0.2, -0.15) is 41.8 Å². The summed E-state index contributed by atoms with van der Waals surface area (Å²) in [6, 6.07) is 25.7. The van der Waals surface area contributed by atoms with Crippen molar-refractivity contribution in [1.82, 2.24) is 71.0 Å². The van der Waals surface area contributed by atoms with Crippen LogP contribution in [0.25, 0.3) is 0 Å². The SMILES string of the molecule is C.C.C.C1CCOC1.CCC(=O)CNC(=O)[C@@H]1CC[C@@H]2CN1C(=O)N2OCc1ccccc1.CCC(=O)O.CCc1nnc([C@@H]2CC[C@@H]3CN2C(=O)N3OCc2ccccc2)o1.NNC(=O)[C@@H]1CC[C@@H]2CN1C(=O)N2OCc1ccccc1.O=C1N2C[C@@H](CC[C@H]2c2nnc(CO)o2)N1OS(=O)(=O)O.O=CC(F)(F)F.[2H]CC. The highest BCUT2D eigenvalue weighted by atomic mass is 32.3. The van der Waals surface area contributed by atoms with Crippen molar-refractivity contribution in [3.8, 4) is 0 Å². The van der Waals surface area contributed by atoms with Crippen LogP contribution < -0.4 is 16.6 Å². The molecule has 8 atom stereocenters. The summed E-state index contributed by atoms with van der Waals surface area (Å²) in [4.78, 5) is 127. The highest BCUT2D eigenvalue weighted by molar-refractivity contribution is 7.80. The van der Waals surface area contributed by atoms with Gasteiger partial charge in [0.15, 0.2) is 5.78 Å². The number of benzene rings is 3. The summed E-state index contributed by atoms with van der Waals surface area (Å²) in [5, 5.41) is 39.7. The number of hydrazine groups is 1. The Bertz CT molecular complexity index is 3890. The van der Waals surface area contributed by atoms with Crippen LogP contribution in [-0.2, 0) is 90.8 Å². The van der Waals surface area contributed by atoms with Crippen LogP contribution in [-0.4, -0.2) is 226 Å². The summed E-state index contributed by atoms with van der Waals surface area (Å²) in [6.07, 6.45) is 3.36. The number of ketones is 1. The lowest BCUT2D eigenvalue weighted by Crippen LogP contribution is -2.51. The van der Waals surface area contributed by atoms with Crippen LogP contribution in [0.1, 0.15) is 188 Å². The van der Waals surface area contributed by atoms with E-state index in [0.717, 1.165) is 49.2 Å².